The molecular formula is C32H38F2N8O3. The van der Waals surface area contributed by atoms with E-state index in [2.05, 4.69) is 25.3 Å². The fourth-order valence-electron chi connectivity index (χ4n) is 7.06. The Kier molecular flexibility index (Phi) is 8.31. The molecule has 6 rings (SSSR count). The van der Waals surface area contributed by atoms with Crippen LogP contribution in [0, 0.1) is 17.6 Å². The average Bonchev–Trinajstić information content (AvgIpc) is 3.68. The number of amides is 1. The Bertz CT molecular complexity index is 1670. The van der Waals surface area contributed by atoms with Gasteiger partial charge in [-0.25, -0.2) is 18.6 Å². The minimum absolute atomic E-state index is 0.0407. The molecule has 1 saturated carbocycles. The Morgan fingerprint density at radius 1 is 1.11 bits per heavy atom. The fraction of sp³-hybridized carbons (Fsp3) is 0.438. The minimum atomic E-state index is -0.698. The Morgan fingerprint density at radius 3 is 2.51 bits per heavy atom. The number of fused-ring (bicyclic) bond motifs is 1. The van der Waals surface area contributed by atoms with Crippen molar-refractivity contribution in [1.82, 2.24) is 24.5 Å². The van der Waals surface area contributed by atoms with Crippen LogP contribution < -0.4 is 16.0 Å². The molecule has 11 nitrogen and oxygen atoms in total. The molecule has 0 radical (unpaired) electrons. The summed E-state index contributed by atoms with van der Waals surface area (Å²) in [6.07, 6.45) is 7.90. The molecule has 4 aromatic rings. The van der Waals surface area contributed by atoms with Gasteiger partial charge in [0.15, 0.2) is 0 Å². The Morgan fingerprint density at radius 2 is 1.84 bits per heavy atom. The first kappa shape index (κ1) is 30.7. The number of anilines is 3. The van der Waals surface area contributed by atoms with E-state index in [0.717, 1.165) is 31.4 Å². The molecule has 3 N–H and O–H groups in total. The van der Waals surface area contributed by atoms with Crippen LogP contribution in [0.1, 0.15) is 38.2 Å². The molecule has 1 saturated heterocycles. The SMILES string of the molecule is COC(=O)N(C)[C@@H]1[C@H](N)CN(c2ccncc2Nc2ncc3ccc(-c4c(F)cc(C5(OC)CCCC5)cc4F)nn23)C[C@@H]1C. The van der Waals surface area contributed by atoms with Crippen LogP contribution in [-0.2, 0) is 15.1 Å². The molecule has 4 heterocycles. The van der Waals surface area contributed by atoms with E-state index < -0.39 is 23.3 Å². The van der Waals surface area contributed by atoms with Crippen molar-refractivity contribution < 1.29 is 23.0 Å². The maximum absolute atomic E-state index is 15.6. The molecule has 1 aliphatic carbocycles. The molecule has 0 bridgehead atoms. The fourth-order valence-corrected chi connectivity index (χ4v) is 7.06. The predicted molar refractivity (Wildman–Crippen MR) is 166 cm³/mol. The first-order chi connectivity index (χ1) is 21.7. The number of nitrogens with one attached hydrogen (secondary N) is 1. The van der Waals surface area contributed by atoms with Gasteiger partial charge in [-0.05, 0) is 54.7 Å². The first-order valence-corrected chi connectivity index (χ1v) is 15.1. The van der Waals surface area contributed by atoms with Crippen molar-refractivity contribution in [3.8, 4) is 11.3 Å². The standard InChI is InChI=1S/C32H38F2N8O3/c1-19-17-41(18-24(35)29(19)40(2)31(43)44-3)27-9-12-36-16-26(27)38-30-37-15-21-7-8-25(39-42(21)30)28-22(33)13-20(14-23(28)34)32(45-4)10-5-6-11-32/h7-9,12-16,19,24,29H,5-6,10-11,17-18,35H2,1-4H3,(H,37,38)/t19-,24+,29-/m0/s1. The monoisotopic (exact) mass is 620 g/mol. The second-order valence-corrected chi connectivity index (χ2v) is 12.0. The second-order valence-electron chi connectivity index (χ2n) is 12.0. The van der Waals surface area contributed by atoms with E-state index in [-0.39, 0.29) is 29.3 Å². The number of piperidine rings is 1. The predicted octanol–water partition coefficient (Wildman–Crippen LogP) is 5.08. The van der Waals surface area contributed by atoms with Crippen LogP contribution in [0.2, 0.25) is 0 Å². The summed E-state index contributed by atoms with van der Waals surface area (Å²) in [6.45, 7) is 3.16. The first-order valence-electron chi connectivity index (χ1n) is 15.1. The number of nitrogens with two attached hydrogens (primary N) is 1. The van der Waals surface area contributed by atoms with E-state index in [1.54, 1.807) is 49.8 Å². The molecule has 1 aliphatic heterocycles. The van der Waals surface area contributed by atoms with Gasteiger partial charge in [0.1, 0.15) is 11.6 Å². The van der Waals surface area contributed by atoms with E-state index in [1.807, 2.05) is 13.0 Å². The van der Waals surface area contributed by atoms with Crippen molar-refractivity contribution >= 4 is 28.9 Å². The third-order valence-electron chi connectivity index (χ3n) is 9.27. The quantitative estimate of drug-likeness (QED) is 0.291. The molecule has 1 amide bonds. The number of carbonyl (C=O) groups excluding carboxylic acids is 1. The summed E-state index contributed by atoms with van der Waals surface area (Å²) in [5, 5.41) is 7.89. The Hall–Kier alpha value is -4.36. The molecule has 1 aromatic carbocycles. The van der Waals surface area contributed by atoms with Gasteiger partial charge in [-0.2, -0.15) is 9.61 Å². The lowest BCUT2D eigenvalue weighted by Crippen LogP contribution is -2.62. The van der Waals surface area contributed by atoms with Crippen LogP contribution in [0.5, 0.6) is 0 Å². The van der Waals surface area contributed by atoms with E-state index in [9.17, 15) is 4.79 Å². The number of hydrogen-bond donors (Lipinski definition) is 2. The number of methoxy groups -OCH3 is 2. The van der Waals surface area contributed by atoms with Crippen molar-refractivity contribution in [3.63, 3.8) is 0 Å². The van der Waals surface area contributed by atoms with Crippen LogP contribution >= 0.6 is 0 Å². The van der Waals surface area contributed by atoms with Gasteiger partial charge in [-0.1, -0.05) is 19.8 Å². The van der Waals surface area contributed by atoms with Crippen molar-refractivity contribution in [2.75, 3.05) is 44.6 Å². The van der Waals surface area contributed by atoms with Crippen LogP contribution in [-0.4, -0.2) is 77.0 Å². The maximum atomic E-state index is 15.6. The van der Waals surface area contributed by atoms with Crippen LogP contribution in [0.4, 0.5) is 30.9 Å². The van der Waals surface area contributed by atoms with Crippen LogP contribution in [0.25, 0.3) is 16.8 Å². The van der Waals surface area contributed by atoms with Gasteiger partial charge in [0, 0.05) is 39.5 Å². The number of likely N-dealkylation sites (N-methyl/N-ethyl adjacent to an activating group) is 1. The van der Waals surface area contributed by atoms with E-state index in [4.69, 9.17) is 15.2 Å². The molecule has 3 aromatic heterocycles. The van der Waals surface area contributed by atoms with Crippen LogP contribution in [0.3, 0.4) is 0 Å². The zero-order valence-corrected chi connectivity index (χ0v) is 25.8. The number of hydrogen-bond acceptors (Lipinski definition) is 9. The lowest BCUT2D eigenvalue weighted by Gasteiger charge is -2.45. The Labute approximate surface area is 260 Å². The molecule has 3 atom stereocenters. The summed E-state index contributed by atoms with van der Waals surface area (Å²) in [5.74, 6) is -1.01. The minimum Gasteiger partial charge on any atom is -0.453 e. The third kappa shape index (κ3) is 5.54. The number of imidazole rings is 1. The Balaban J connectivity index is 1.29. The summed E-state index contributed by atoms with van der Waals surface area (Å²) in [4.78, 5) is 24.7. The third-order valence-corrected chi connectivity index (χ3v) is 9.27. The number of pyridine rings is 1. The lowest BCUT2D eigenvalue weighted by molar-refractivity contribution is -0.00914. The van der Waals surface area contributed by atoms with Crippen molar-refractivity contribution in [3.05, 3.63) is 66.1 Å². The van der Waals surface area contributed by atoms with Crippen molar-refractivity contribution in [2.45, 2.75) is 50.3 Å². The van der Waals surface area contributed by atoms with Crippen molar-refractivity contribution in [1.29, 1.82) is 0 Å². The number of nitrogens with zero attached hydrogens (tertiary/aromatic N) is 6. The summed E-state index contributed by atoms with van der Waals surface area (Å²) >= 11 is 0. The molecular weight excluding hydrogens is 582 g/mol. The summed E-state index contributed by atoms with van der Waals surface area (Å²) in [6, 6.07) is 7.38. The number of aromatic nitrogens is 4. The van der Waals surface area contributed by atoms with E-state index in [1.165, 1.54) is 23.8 Å². The normalized spacial score (nSPS) is 21.2. The largest absolute Gasteiger partial charge is 0.453 e. The van der Waals surface area contributed by atoms with Gasteiger partial charge in [0.2, 0.25) is 5.95 Å². The number of benzene rings is 1. The van der Waals surface area contributed by atoms with Crippen LogP contribution in [0.15, 0.2) is 48.9 Å². The highest BCUT2D eigenvalue weighted by Gasteiger charge is 2.39. The molecule has 2 fully saturated rings. The molecule has 45 heavy (non-hydrogen) atoms. The average molecular weight is 621 g/mol. The van der Waals surface area contributed by atoms with Gasteiger partial charge < -0.3 is 30.3 Å². The van der Waals surface area contributed by atoms with Gasteiger partial charge in [-0.15, -0.1) is 0 Å². The summed E-state index contributed by atoms with van der Waals surface area (Å²) in [7, 11) is 4.64. The number of rotatable bonds is 7. The smallest absolute Gasteiger partial charge is 0.409 e. The zero-order chi connectivity index (χ0) is 31.9. The summed E-state index contributed by atoms with van der Waals surface area (Å²) < 4.78 is 43.3. The zero-order valence-electron chi connectivity index (χ0n) is 25.8. The molecule has 238 valence electrons. The molecule has 0 unspecified atom stereocenters. The molecule has 13 heteroatoms. The van der Waals surface area contributed by atoms with Gasteiger partial charge >= 0.3 is 6.09 Å². The highest BCUT2D eigenvalue weighted by molar-refractivity contribution is 5.74. The molecule has 2 aliphatic rings. The highest BCUT2D eigenvalue weighted by Crippen LogP contribution is 2.43. The maximum Gasteiger partial charge on any atom is 0.409 e. The number of ether oxygens (including phenoxy) is 2. The van der Waals surface area contributed by atoms with Gasteiger partial charge in [0.05, 0.1) is 59.3 Å². The highest BCUT2D eigenvalue weighted by atomic mass is 19.1. The topological polar surface area (TPSA) is 123 Å². The number of halogens is 2. The van der Waals surface area contributed by atoms with Gasteiger partial charge in [-0.3, -0.25) is 4.98 Å². The van der Waals surface area contributed by atoms with E-state index >= 15 is 8.78 Å². The second kappa shape index (κ2) is 12.2. The van der Waals surface area contributed by atoms with E-state index in [0.29, 0.717) is 35.8 Å². The lowest BCUT2D eigenvalue weighted by atomic mass is 9.89. The molecule has 0 spiro atoms. The van der Waals surface area contributed by atoms with Crippen molar-refractivity contribution in [2.24, 2.45) is 11.7 Å². The summed E-state index contributed by atoms with van der Waals surface area (Å²) in [5.41, 5.74) is 8.46. The van der Waals surface area contributed by atoms with Gasteiger partial charge in [0.25, 0.3) is 0 Å². The number of carbonyl (C=O) groups is 1.